The molecule has 0 saturated carbocycles. The van der Waals surface area contributed by atoms with E-state index in [2.05, 4.69) is 10.2 Å². The van der Waals surface area contributed by atoms with Crippen molar-refractivity contribution < 1.29 is 14.3 Å². The minimum Gasteiger partial charge on any atom is -0.466 e. The summed E-state index contributed by atoms with van der Waals surface area (Å²) in [4.78, 5) is 24.8. The number of fused-ring (bicyclic) bond motifs is 1. The smallest absolute Gasteiger partial charge is 0.313 e. The Kier molecular flexibility index (Phi) is 4.03. The predicted octanol–water partition coefficient (Wildman–Crippen LogP) is -0.384. The van der Waals surface area contributed by atoms with Crippen molar-refractivity contribution in [3.63, 3.8) is 0 Å². The number of hydrogen-bond acceptors (Lipinski definition) is 6. The molecule has 0 fully saturated rings. The fourth-order valence-corrected chi connectivity index (χ4v) is 1.93. The minimum absolute atomic E-state index is 0.124. The number of esters is 1. The molecule has 1 aliphatic heterocycles. The number of aromatic nitrogens is 3. The first-order valence-electron chi connectivity index (χ1n) is 5.95. The van der Waals surface area contributed by atoms with Gasteiger partial charge in [-0.25, -0.2) is 0 Å². The lowest BCUT2D eigenvalue weighted by molar-refractivity contribution is -0.145. The number of carbonyl (C=O) groups is 2. The van der Waals surface area contributed by atoms with Crippen LogP contribution in [0.3, 0.4) is 0 Å². The summed E-state index contributed by atoms with van der Waals surface area (Å²) in [6, 6.07) is 0. The van der Waals surface area contributed by atoms with Gasteiger partial charge in [0.2, 0.25) is 0 Å². The molecule has 1 aliphatic rings. The summed E-state index contributed by atoms with van der Waals surface area (Å²) < 4.78 is 6.71. The lowest BCUT2D eigenvalue weighted by Gasteiger charge is -2.25. The van der Waals surface area contributed by atoms with Crippen molar-refractivity contribution in [2.75, 3.05) is 19.7 Å². The molecule has 2 rings (SSSR count). The molecular formula is C11H16N4O3. The fraction of sp³-hybridized carbons (Fsp3) is 0.636. The highest BCUT2D eigenvalue weighted by atomic mass is 16.5. The lowest BCUT2D eigenvalue weighted by atomic mass is 10.2. The zero-order valence-corrected chi connectivity index (χ0v) is 10.3. The van der Waals surface area contributed by atoms with Gasteiger partial charge in [-0.15, -0.1) is 10.2 Å². The van der Waals surface area contributed by atoms with Gasteiger partial charge < -0.3 is 9.30 Å². The van der Waals surface area contributed by atoms with E-state index >= 15 is 0 Å². The van der Waals surface area contributed by atoms with Crippen molar-refractivity contribution in [3.05, 3.63) is 12.2 Å². The second-order valence-corrected chi connectivity index (χ2v) is 4.17. The number of ketones is 1. The fourth-order valence-electron chi connectivity index (χ4n) is 1.93. The van der Waals surface area contributed by atoms with E-state index in [1.54, 1.807) is 13.3 Å². The summed E-state index contributed by atoms with van der Waals surface area (Å²) >= 11 is 0. The van der Waals surface area contributed by atoms with Gasteiger partial charge in [0, 0.05) is 13.1 Å². The Morgan fingerprint density at radius 1 is 1.44 bits per heavy atom. The largest absolute Gasteiger partial charge is 0.466 e. The number of rotatable bonds is 5. The van der Waals surface area contributed by atoms with Gasteiger partial charge in [0.05, 0.1) is 19.7 Å². The van der Waals surface area contributed by atoms with Gasteiger partial charge in [-0.1, -0.05) is 0 Å². The topological polar surface area (TPSA) is 77.3 Å². The summed E-state index contributed by atoms with van der Waals surface area (Å²) in [5.41, 5.74) is 0. The number of hydrogen-bond donors (Lipinski definition) is 0. The Hall–Kier alpha value is -1.76. The van der Waals surface area contributed by atoms with Crippen molar-refractivity contribution in [3.8, 4) is 0 Å². The number of carbonyl (C=O) groups excluding carboxylic acids is 2. The van der Waals surface area contributed by atoms with Crippen LogP contribution in [0.2, 0.25) is 0 Å². The second kappa shape index (κ2) is 5.72. The van der Waals surface area contributed by atoms with Gasteiger partial charge >= 0.3 is 5.97 Å². The molecule has 18 heavy (non-hydrogen) atoms. The molecule has 0 bridgehead atoms. The summed E-state index contributed by atoms with van der Waals surface area (Å²) in [5, 5.41) is 7.79. The van der Waals surface area contributed by atoms with E-state index in [9.17, 15) is 9.59 Å². The van der Waals surface area contributed by atoms with Crippen LogP contribution in [0.15, 0.2) is 6.33 Å². The molecule has 0 amide bonds. The first-order valence-corrected chi connectivity index (χ1v) is 5.95. The Morgan fingerprint density at radius 2 is 2.28 bits per heavy atom. The molecule has 0 aliphatic carbocycles. The maximum atomic E-state index is 11.7. The molecule has 0 aromatic carbocycles. The zero-order valence-electron chi connectivity index (χ0n) is 10.3. The lowest BCUT2D eigenvalue weighted by Crippen LogP contribution is -2.37. The standard InChI is InChI=1S/C11H16N4O3/c1-2-18-11(17)5-9(16)6-14-3-4-15-8-12-13-10(15)7-14/h8H,2-7H2,1H3. The molecule has 1 aromatic rings. The van der Waals surface area contributed by atoms with Gasteiger partial charge in [0.1, 0.15) is 18.6 Å². The van der Waals surface area contributed by atoms with Crippen LogP contribution >= 0.6 is 0 Å². The molecule has 0 radical (unpaired) electrons. The SMILES string of the molecule is CCOC(=O)CC(=O)CN1CCn2cnnc2C1. The Bertz CT molecular complexity index is 443. The van der Waals surface area contributed by atoms with E-state index in [4.69, 9.17) is 4.74 Å². The van der Waals surface area contributed by atoms with Gasteiger partial charge in [-0.05, 0) is 6.92 Å². The zero-order chi connectivity index (χ0) is 13.0. The van der Waals surface area contributed by atoms with E-state index in [1.165, 1.54) is 0 Å². The van der Waals surface area contributed by atoms with Crippen LogP contribution < -0.4 is 0 Å². The van der Waals surface area contributed by atoms with Crippen molar-refractivity contribution >= 4 is 11.8 Å². The van der Waals surface area contributed by atoms with Gasteiger partial charge in [0.25, 0.3) is 0 Å². The number of ether oxygens (including phenoxy) is 1. The summed E-state index contributed by atoms with van der Waals surface area (Å²) in [6.07, 6.45) is 1.53. The van der Waals surface area contributed by atoms with E-state index in [0.29, 0.717) is 13.2 Å². The Balaban J connectivity index is 1.81. The monoisotopic (exact) mass is 252 g/mol. The maximum absolute atomic E-state index is 11.7. The quantitative estimate of drug-likeness (QED) is 0.525. The molecule has 1 aromatic heterocycles. The van der Waals surface area contributed by atoms with Crippen LogP contribution in [0.25, 0.3) is 0 Å². The highest BCUT2D eigenvalue weighted by Crippen LogP contribution is 2.08. The molecule has 7 heteroatoms. The molecule has 0 atom stereocenters. The van der Waals surface area contributed by atoms with Gasteiger partial charge in [-0.2, -0.15) is 0 Å². The van der Waals surface area contributed by atoms with E-state index in [-0.39, 0.29) is 18.7 Å². The van der Waals surface area contributed by atoms with Crippen LogP contribution in [0, 0.1) is 0 Å². The van der Waals surface area contributed by atoms with Crippen molar-refractivity contribution in [2.24, 2.45) is 0 Å². The average molecular weight is 252 g/mol. The summed E-state index contributed by atoms with van der Waals surface area (Å²) in [6.45, 7) is 4.41. The van der Waals surface area contributed by atoms with E-state index in [1.807, 2.05) is 9.47 Å². The molecule has 0 spiro atoms. The molecule has 0 saturated heterocycles. The van der Waals surface area contributed by atoms with Crippen molar-refractivity contribution in [1.29, 1.82) is 0 Å². The van der Waals surface area contributed by atoms with Gasteiger partial charge in [-0.3, -0.25) is 14.5 Å². The highest BCUT2D eigenvalue weighted by Gasteiger charge is 2.20. The molecule has 0 N–H and O–H groups in total. The van der Waals surface area contributed by atoms with Crippen LogP contribution in [0.4, 0.5) is 0 Å². The third-order valence-corrected chi connectivity index (χ3v) is 2.76. The van der Waals surface area contributed by atoms with Crippen molar-refractivity contribution in [1.82, 2.24) is 19.7 Å². The van der Waals surface area contributed by atoms with Crippen LogP contribution in [-0.2, 0) is 27.4 Å². The van der Waals surface area contributed by atoms with Crippen LogP contribution in [0.5, 0.6) is 0 Å². The molecule has 98 valence electrons. The van der Waals surface area contributed by atoms with Crippen molar-refractivity contribution in [2.45, 2.75) is 26.4 Å². The van der Waals surface area contributed by atoms with E-state index in [0.717, 1.165) is 18.9 Å². The number of nitrogens with zero attached hydrogens (tertiary/aromatic N) is 4. The normalized spacial score (nSPS) is 15.2. The predicted molar refractivity (Wildman–Crippen MR) is 61.6 cm³/mol. The maximum Gasteiger partial charge on any atom is 0.313 e. The van der Waals surface area contributed by atoms with Crippen LogP contribution in [0.1, 0.15) is 19.2 Å². The third-order valence-electron chi connectivity index (χ3n) is 2.76. The first kappa shape index (κ1) is 12.7. The van der Waals surface area contributed by atoms with Gasteiger partial charge in [0.15, 0.2) is 5.78 Å². The second-order valence-electron chi connectivity index (χ2n) is 4.17. The number of Topliss-reactive ketones (excluding diaryl/α,β-unsaturated/α-hetero) is 1. The third kappa shape index (κ3) is 3.13. The highest BCUT2D eigenvalue weighted by molar-refractivity contribution is 5.96. The minimum atomic E-state index is -0.456. The molecule has 2 heterocycles. The molecular weight excluding hydrogens is 236 g/mol. The molecule has 0 unspecified atom stereocenters. The first-order chi connectivity index (χ1) is 8.69. The summed E-state index contributed by atoms with van der Waals surface area (Å²) in [7, 11) is 0. The van der Waals surface area contributed by atoms with E-state index < -0.39 is 5.97 Å². The average Bonchev–Trinajstić information content (AvgIpc) is 2.76. The summed E-state index contributed by atoms with van der Waals surface area (Å²) in [5.74, 6) is 0.272. The Morgan fingerprint density at radius 3 is 3.06 bits per heavy atom. The van der Waals surface area contributed by atoms with Crippen LogP contribution in [-0.4, -0.2) is 51.1 Å². The Labute approximate surface area is 105 Å². The molecule has 7 nitrogen and oxygen atoms in total.